The van der Waals surface area contributed by atoms with E-state index < -0.39 is 18.1 Å². The number of pyridine rings is 1. The number of amides is 2. The fourth-order valence-electron chi connectivity index (χ4n) is 3.14. The van der Waals surface area contributed by atoms with Gasteiger partial charge in [0.2, 0.25) is 6.35 Å². The molecule has 0 spiro atoms. The van der Waals surface area contributed by atoms with Gasteiger partial charge in [-0.05, 0) is 31.5 Å². The predicted molar refractivity (Wildman–Crippen MR) is 107 cm³/mol. The molecule has 1 aliphatic heterocycles. The number of ether oxygens (including phenoxy) is 1. The third kappa shape index (κ3) is 4.78. The largest absolute Gasteiger partial charge is 0.416 e. The highest BCUT2D eigenvalue weighted by atomic mass is 19.4. The van der Waals surface area contributed by atoms with Gasteiger partial charge in [0.25, 0.3) is 0 Å². The minimum Gasteiger partial charge on any atom is -0.391 e. The van der Waals surface area contributed by atoms with Gasteiger partial charge in [-0.3, -0.25) is 14.9 Å². The molecule has 166 valence electrons. The first kappa shape index (κ1) is 22.5. The van der Waals surface area contributed by atoms with Gasteiger partial charge in [0.15, 0.2) is 0 Å². The molecule has 1 atom stereocenters. The highest BCUT2D eigenvalue weighted by Gasteiger charge is 2.38. The SMILES string of the molecule is COC1NN(C)C(=O)N1c1c(C)cccc1CON=C(C)c1cc(C(F)(F)F)ccn1. The first-order valence-corrected chi connectivity index (χ1v) is 9.28. The number of halogens is 3. The minimum atomic E-state index is -4.48. The summed E-state index contributed by atoms with van der Waals surface area (Å²) in [6.07, 6.45) is -4.10. The maximum Gasteiger partial charge on any atom is 0.416 e. The van der Waals surface area contributed by atoms with Gasteiger partial charge in [-0.15, -0.1) is 0 Å². The molecule has 2 amide bonds. The summed E-state index contributed by atoms with van der Waals surface area (Å²) in [7, 11) is 3.06. The smallest absolute Gasteiger partial charge is 0.391 e. The quantitative estimate of drug-likeness (QED) is 0.551. The number of alkyl halides is 3. The first-order valence-electron chi connectivity index (χ1n) is 9.28. The highest BCUT2D eigenvalue weighted by Crippen LogP contribution is 2.31. The topological polar surface area (TPSA) is 79.3 Å². The summed E-state index contributed by atoms with van der Waals surface area (Å²) in [5.74, 6) is 0. The summed E-state index contributed by atoms with van der Waals surface area (Å²) < 4.78 is 44.1. The molecule has 1 aromatic heterocycles. The lowest BCUT2D eigenvalue weighted by Crippen LogP contribution is -2.39. The Labute approximate surface area is 177 Å². The fraction of sp³-hybridized carbons (Fsp3) is 0.350. The van der Waals surface area contributed by atoms with Gasteiger partial charge >= 0.3 is 12.2 Å². The second-order valence-electron chi connectivity index (χ2n) is 6.89. The monoisotopic (exact) mass is 437 g/mol. The van der Waals surface area contributed by atoms with E-state index in [-0.39, 0.29) is 24.0 Å². The van der Waals surface area contributed by atoms with Crippen LogP contribution in [0.2, 0.25) is 0 Å². The number of hydrogen-bond acceptors (Lipinski definition) is 6. The number of hydrazine groups is 1. The van der Waals surface area contributed by atoms with E-state index in [1.165, 1.54) is 23.9 Å². The van der Waals surface area contributed by atoms with Crippen LogP contribution in [0.3, 0.4) is 0 Å². The van der Waals surface area contributed by atoms with E-state index in [9.17, 15) is 18.0 Å². The summed E-state index contributed by atoms with van der Waals surface area (Å²) in [5.41, 5.74) is 4.38. The lowest BCUT2D eigenvalue weighted by atomic mass is 10.1. The molecular weight excluding hydrogens is 415 g/mol. The number of oxime groups is 1. The number of aromatic nitrogens is 1. The molecule has 1 fully saturated rings. The Bertz CT molecular complexity index is 996. The molecular formula is C20H22F3N5O3. The third-order valence-electron chi connectivity index (χ3n) is 4.70. The Morgan fingerprint density at radius 2 is 2.06 bits per heavy atom. The van der Waals surface area contributed by atoms with Crippen molar-refractivity contribution in [2.24, 2.45) is 5.16 Å². The highest BCUT2D eigenvalue weighted by molar-refractivity contribution is 5.97. The summed E-state index contributed by atoms with van der Waals surface area (Å²) in [5, 5.41) is 5.22. The molecule has 3 rings (SSSR count). The van der Waals surface area contributed by atoms with Crippen LogP contribution in [0.4, 0.5) is 23.7 Å². The van der Waals surface area contributed by atoms with Crippen molar-refractivity contribution < 1.29 is 27.5 Å². The van der Waals surface area contributed by atoms with Gasteiger partial charge in [-0.1, -0.05) is 23.4 Å². The number of aryl methyl sites for hydroxylation is 1. The van der Waals surface area contributed by atoms with Crippen molar-refractivity contribution in [2.45, 2.75) is 33.0 Å². The van der Waals surface area contributed by atoms with Crippen molar-refractivity contribution in [3.63, 3.8) is 0 Å². The number of carbonyl (C=O) groups is 1. The molecule has 1 aliphatic rings. The van der Waals surface area contributed by atoms with E-state index >= 15 is 0 Å². The van der Waals surface area contributed by atoms with E-state index in [2.05, 4.69) is 15.6 Å². The van der Waals surface area contributed by atoms with Crippen molar-refractivity contribution in [3.05, 3.63) is 58.9 Å². The standard InChI is InChI=1S/C20H22F3N5O3/c1-12-6-5-7-14(17(12)28-18(30-4)25-27(3)19(28)29)11-31-26-13(2)16-10-15(8-9-24-16)20(21,22)23/h5-10,18,25H,11H2,1-4H3. The number of anilines is 1. The van der Waals surface area contributed by atoms with Crippen LogP contribution >= 0.6 is 0 Å². The molecule has 0 bridgehead atoms. The number of nitrogens with zero attached hydrogens (tertiary/aromatic N) is 4. The van der Waals surface area contributed by atoms with E-state index in [1.54, 1.807) is 13.1 Å². The number of para-hydroxylation sites is 1. The molecule has 1 N–H and O–H groups in total. The summed E-state index contributed by atoms with van der Waals surface area (Å²) in [6, 6.07) is 6.92. The molecule has 1 aromatic carbocycles. The van der Waals surface area contributed by atoms with Crippen LogP contribution in [0.5, 0.6) is 0 Å². The molecule has 11 heteroatoms. The van der Waals surface area contributed by atoms with Crippen molar-refractivity contribution >= 4 is 17.4 Å². The maximum absolute atomic E-state index is 12.9. The number of hydrogen-bond donors (Lipinski definition) is 1. The number of urea groups is 1. The summed E-state index contributed by atoms with van der Waals surface area (Å²) in [6.45, 7) is 3.33. The third-order valence-corrected chi connectivity index (χ3v) is 4.70. The number of nitrogens with one attached hydrogen (secondary N) is 1. The average molecular weight is 437 g/mol. The van der Waals surface area contributed by atoms with Crippen molar-refractivity contribution in [2.75, 3.05) is 19.1 Å². The zero-order chi connectivity index (χ0) is 22.8. The molecule has 1 saturated heterocycles. The van der Waals surface area contributed by atoms with Gasteiger partial charge in [0.05, 0.1) is 16.9 Å². The fourth-order valence-corrected chi connectivity index (χ4v) is 3.14. The second kappa shape index (κ2) is 8.90. The molecule has 0 radical (unpaired) electrons. The van der Waals surface area contributed by atoms with Gasteiger partial charge in [-0.25, -0.2) is 4.79 Å². The van der Waals surface area contributed by atoms with E-state index in [4.69, 9.17) is 9.57 Å². The lowest BCUT2D eigenvalue weighted by molar-refractivity contribution is -0.137. The Hall–Kier alpha value is -3.18. The van der Waals surface area contributed by atoms with Crippen LogP contribution in [0.25, 0.3) is 0 Å². The first-order chi connectivity index (χ1) is 14.6. The molecule has 0 saturated carbocycles. The molecule has 8 nitrogen and oxygen atoms in total. The number of carbonyl (C=O) groups excluding carboxylic acids is 1. The minimum absolute atomic E-state index is 0.0166. The Balaban J connectivity index is 1.82. The second-order valence-corrected chi connectivity index (χ2v) is 6.89. The van der Waals surface area contributed by atoms with Crippen LogP contribution in [0, 0.1) is 6.92 Å². The van der Waals surface area contributed by atoms with Crippen LogP contribution in [0.1, 0.15) is 29.3 Å². The zero-order valence-electron chi connectivity index (χ0n) is 17.4. The Morgan fingerprint density at radius 3 is 2.74 bits per heavy atom. The van der Waals surface area contributed by atoms with Crippen LogP contribution in [0.15, 0.2) is 41.7 Å². The molecule has 0 aliphatic carbocycles. The summed E-state index contributed by atoms with van der Waals surface area (Å²) in [4.78, 5) is 23.4. The van der Waals surface area contributed by atoms with Gasteiger partial charge in [0, 0.05) is 25.9 Å². The van der Waals surface area contributed by atoms with Crippen molar-refractivity contribution in [1.82, 2.24) is 15.4 Å². The van der Waals surface area contributed by atoms with Crippen molar-refractivity contribution in [3.8, 4) is 0 Å². The number of methoxy groups -OCH3 is 1. The van der Waals surface area contributed by atoms with Gasteiger partial charge < -0.3 is 9.57 Å². The maximum atomic E-state index is 12.9. The number of benzene rings is 1. The summed E-state index contributed by atoms with van der Waals surface area (Å²) >= 11 is 0. The molecule has 2 heterocycles. The zero-order valence-corrected chi connectivity index (χ0v) is 17.4. The Morgan fingerprint density at radius 1 is 1.32 bits per heavy atom. The molecule has 2 aromatic rings. The van der Waals surface area contributed by atoms with E-state index in [1.807, 2.05) is 19.1 Å². The Kier molecular flexibility index (Phi) is 6.46. The normalized spacial score (nSPS) is 17.5. The molecule has 1 unspecified atom stereocenters. The van der Waals surface area contributed by atoms with E-state index in [0.717, 1.165) is 23.9 Å². The van der Waals surface area contributed by atoms with Crippen LogP contribution in [-0.4, -0.2) is 42.2 Å². The predicted octanol–water partition coefficient (Wildman–Crippen LogP) is 3.66. The lowest BCUT2D eigenvalue weighted by Gasteiger charge is -2.25. The van der Waals surface area contributed by atoms with Crippen LogP contribution < -0.4 is 10.3 Å². The van der Waals surface area contributed by atoms with Crippen LogP contribution in [-0.2, 0) is 22.4 Å². The van der Waals surface area contributed by atoms with Crippen molar-refractivity contribution in [1.29, 1.82) is 0 Å². The van der Waals surface area contributed by atoms with E-state index in [0.29, 0.717) is 11.3 Å². The van der Waals surface area contributed by atoms with Gasteiger partial charge in [-0.2, -0.15) is 18.6 Å². The van der Waals surface area contributed by atoms with Gasteiger partial charge in [0.1, 0.15) is 12.3 Å². The molecule has 31 heavy (non-hydrogen) atoms. The average Bonchev–Trinajstić information content (AvgIpc) is 3.01. The number of rotatable bonds is 6.